The van der Waals surface area contributed by atoms with Crippen molar-refractivity contribution in [3.63, 3.8) is 0 Å². The maximum atomic E-state index is 14.3. The van der Waals surface area contributed by atoms with Crippen molar-refractivity contribution in [3.8, 4) is 22.6 Å². The predicted molar refractivity (Wildman–Crippen MR) is 120 cm³/mol. The highest BCUT2D eigenvalue weighted by Crippen LogP contribution is 2.37. The van der Waals surface area contributed by atoms with Crippen LogP contribution in [-0.4, -0.2) is 19.7 Å². The Bertz CT molecular complexity index is 1180. The van der Waals surface area contributed by atoms with Gasteiger partial charge in [-0.3, -0.25) is 4.68 Å². The van der Waals surface area contributed by atoms with E-state index in [0.29, 0.717) is 32.7 Å². The third-order valence-corrected chi connectivity index (χ3v) is 5.33. The zero-order valence-corrected chi connectivity index (χ0v) is 18.7. The standard InChI is InChI=1S/C21H19Cl2FN4.ClH/c1-21(2,3)19-17(23)18(28(4)27-19)20-25-14-9-8-11(10-15(14)26-20)16-12(22)6-5-7-13(16)24;/h5-10H,1-4H3,(H,25,26);1H. The Hall–Kier alpha value is -2.08. The summed E-state index contributed by atoms with van der Waals surface area (Å²) < 4.78 is 16.0. The van der Waals surface area contributed by atoms with E-state index in [-0.39, 0.29) is 23.6 Å². The minimum Gasteiger partial charge on any atom is -0.337 e. The van der Waals surface area contributed by atoms with E-state index in [1.165, 1.54) is 6.07 Å². The molecular weight excluding hydrogens is 434 g/mol. The summed E-state index contributed by atoms with van der Waals surface area (Å²) in [6.45, 7) is 6.19. The van der Waals surface area contributed by atoms with Gasteiger partial charge >= 0.3 is 0 Å². The van der Waals surface area contributed by atoms with Crippen molar-refractivity contribution >= 4 is 46.6 Å². The van der Waals surface area contributed by atoms with Gasteiger partial charge < -0.3 is 4.98 Å². The summed E-state index contributed by atoms with van der Waals surface area (Å²) in [6.07, 6.45) is 0. The second-order valence-corrected chi connectivity index (χ2v) is 8.58. The van der Waals surface area contributed by atoms with Gasteiger partial charge in [0.25, 0.3) is 0 Å². The molecule has 0 atom stereocenters. The molecule has 4 aromatic rings. The van der Waals surface area contributed by atoms with Gasteiger partial charge in [-0.05, 0) is 29.8 Å². The van der Waals surface area contributed by atoms with Crippen LogP contribution in [-0.2, 0) is 12.5 Å². The van der Waals surface area contributed by atoms with Crippen molar-refractivity contribution in [1.29, 1.82) is 0 Å². The van der Waals surface area contributed by atoms with Gasteiger partial charge in [-0.2, -0.15) is 5.10 Å². The summed E-state index contributed by atoms with van der Waals surface area (Å²) in [6, 6.07) is 10.1. The minimum absolute atomic E-state index is 0. The number of aryl methyl sites for hydroxylation is 1. The van der Waals surface area contributed by atoms with Gasteiger partial charge in [0, 0.05) is 18.0 Å². The summed E-state index contributed by atoms with van der Waals surface area (Å²) in [5.74, 6) is 0.248. The molecule has 4 nitrogen and oxygen atoms in total. The van der Waals surface area contributed by atoms with Crippen LogP contribution in [0.15, 0.2) is 36.4 Å². The fourth-order valence-electron chi connectivity index (χ4n) is 3.29. The number of benzene rings is 2. The van der Waals surface area contributed by atoms with E-state index in [2.05, 4.69) is 35.8 Å². The number of aromatic nitrogens is 4. The van der Waals surface area contributed by atoms with Gasteiger partial charge in [0.1, 0.15) is 11.5 Å². The van der Waals surface area contributed by atoms with Gasteiger partial charge in [0.15, 0.2) is 5.82 Å². The molecule has 2 aromatic carbocycles. The molecule has 0 unspecified atom stereocenters. The normalized spacial score (nSPS) is 11.7. The number of nitrogens with zero attached hydrogens (tertiary/aromatic N) is 3. The van der Waals surface area contributed by atoms with Crippen LogP contribution in [0.4, 0.5) is 4.39 Å². The lowest BCUT2D eigenvalue weighted by Gasteiger charge is -2.15. The SMILES string of the molecule is Cl.Cn1nc(C(C)(C)C)c(Cl)c1-c1nc2ccc(-c3c(F)cccc3Cl)cc2[nH]1. The van der Waals surface area contributed by atoms with Gasteiger partial charge in [-0.15, -0.1) is 12.4 Å². The van der Waals surface area contributed by atoms with Gasteiger partial charge in [-0.25, -0.2) is 9.37 Å². The number of fused-ring (bicyclic) bond motifs is 1. The Morgan fingerprint density at radius 1 is 1.10 bits per heavy atom. The van der Waals surface area contributed by atoms with Gasteiger partial charge in [0.05, 0.1) is 26.8 Å². The third kappa shape index (κ3) is 3.75. The molecule has 0 spiro atoms. The highest BCUT2D eigenvalue weighted by molar-refractivity contribution is 6.34. The zero-order chi connectivity index (χ0) is 20.2. The first-order valence-corrected chi connectivity index (χ1v) is 9.60. The fraction of sp³-hybridized carbons (Fsp3) is 0.238. The summed E-state index contributed by atoms with van der Waals surface area (Å²) in [5, 5.41) is 5.51. The molecule has 2 heterocycles. The van der Waals surface area contributed by atoms with Crippen LogP contribution >= 0.6 is 35.6 Å². The molecule has 0 aliphatic heterocycles. The Labute approximate surface area is 184 Å². The maximum absolute atomic E-state index is 14.3. The number of halogens is 4. The third-order valence-electron chi connectivity index (χ3n) is 4.66. The van der Waals surface area contributed by atoms with E-state index in [9.17, 15) is 4.39 Å². The van der Waals surface area contributed by atoms with Crippen molar-refractivity contribution in [2.45, 2.75) is 26.2 Å². The lowest BCUT2D eigenvalue weighted by Crippen LogP contribution is -2.12. The molecule has 0 saturated carbocycles. The first-order valence-electron chi connectivity index (χ1n) is 8.84. The van der Waals surface area contributed by atoms with E-state index in [1.54, 1.807) is 16.8 Å². The summed E-state index contributed by atoms with van der Waals surface area (Å²) in [7, 11) is 1.84. The van der Waals surface area contributed by atoms with Crippen LogP contribution < -0.4 is 0 Å². The number of rotatable bonds is 2. The smallest absolute Gasteiger partial charge is 0.158 e. The largest absolute Gasteiger partial charge is 0.337 e. The van der Waals surface area contributed by atoms with Crippen LogP contribution in [0.5, 0.6) is 0 Å². The zero-order valence-electron chi connectivity index (χ0n) is 16.3. The molecule has 0 aliphatic carbocycles. The van der Waals surface area contributed by atoms with Crippen molar-refractivity contribution in [2.75, 3.05) is 0 Å². The monoisotopic (exact) mass is 452 g/mol. The lowest BCUT2D eigenvalue weighted by atomic mass is 9.92. The highest BCUT2D eigenvalue weighted by Gasteiger charge is 2.27. The molecule has 0 amide bonds. The maximum Gasteiger partial charge on any atom is 0.158 e. The quantitative estimate of drug-likeness (QED) is 0.363. The molecule has 2 aromatic heterocycles. The minimum atomic E-state index is -0.365. The highest BCUT2D eigenvalue weighted by atomic mass is 35.5. The van der Waals surface area contributed by atoms with E-state index in [1.807, 2.05) is 25.2 Å². The molecule has 1 N–H and O–H groups in total. The molecule has 29 heavy (non-hydrogen) atoms. The number of imidazole rings is 1. The Morgan fingerprint density at radius 2 is 1.83 bits per heavy atom. The molecule has 0 aliphatic rings. The molecule has 0 radical (unpaired) electrons. The summed E-state index contributed by atoms with van der Waals surface area (Å²) >= 11 is 12.8. The summed E-state index contributed by atoms with van der Waals surface area (Å²) in [4.78, 5) is 7.94. The molecule has 152 valence electrons. The van der Waals surface area contributed by atoms with E-state index < -0.39 is 0 Å². The number of hydrogen-bond donors (Lipinski definition) is 1. The van der Waals surface area contributed by atoms with Crippen molar-refractivity contribution in [3.05, 3.63) is 58.0 Å². The fourth-order valence-corrected chi connectivity index (χ4v) is 4.09. The van der Waals surface area contributed by atoms with Gasteiger partial charge in [-0.1, -0.05) is 56.1 Å². The molecule has 4 rings (SSSR count). The van der Waals surface area contributed by atoms with Crippen LogP contribution in [0.2, 0.25) is 10.0 Å². The van der Waals surface area contributed by atoms with Crippen LogP contribution in [0.3, 0.4) is 0 Å². The Balaban J connectivity index is 0.00000240. The van der Waals surface area contributed by atoms with Crippen LogP contribution in [0.25, 0.3) is 33.7 Å². The Morgan fingerprint density at radius 3 is 2.45 bits per heavy atom. The molecule has 8 heteroatoms. The number of nitrogens with one attached hydrogen (secondary N) is 1. The average Bonchev–Trinajstić information content (AvgIpc) is 3.14. The average molecular weight is 454 g/mol. The number of hydrogen-bond acceptors (Lipinski definition) is 2. The van der Waals surface area contributed by atoms with Crippen molar-refractivity contribution < 1.29 is 4.39 Å². The van der Waals surface area contributed by atoms with Crippen LogP contribution in [0.1, 0.15) is 26.5 Å². The van der Waals surface area contributed by atoms with E-state index in [4.69, 9.17) is 23.2 Å². The van der Waals surface area contributed by atoms with E-state index in [0.717, 1.165) is 16.7 Å². The predicted octanol–water partition coefficient (Wildman–Crippen LogP) is 6.80. The first kappa shape index (κ1) is 21.6. The second kappa shape index (κ2) is 7.63. The number of aromatic amines is 1. The van der Waals surface area contributed by atoms with Crippen molar-refractivity contribution in [2.24, 2.45) is 7.05 Å². The van der Waals surface area contributed by atoms with Gasteiger partial charge in [0.2, 0.25) is 0 Å². The topological polar surface area (TPSA) is 46.5 Å². The lowest BCUT2D eigenvalue weighted by molar-refractivity contribution is 0.553. The molecule has 0 saturated heterocycles. The second-order valence-electron chi connectivity index (χ2n) is 7.80. The summed E-state index contributed by atoms with van der Waals surface area (Å²) in [5.41, 5.74) is 3.91. The van der Waals surface area contributed by atoms with Crippen molar-refractivity contribution in [1.82, 2.24) is 19.7 Å². The van der Waals surface area contributed by atoms with Crippen LogP contribution in [0, 0.1) is 5.82 Å². The molecular formula is C21H20Cl3FN4. The molecule has 0 fully saturated rings. The molecule has 0 bridgehead atoms. The number of H-pyrrole nitrogens is 1. The first-order chi connectivity index (χ1) is 13.2. The van der Waals surface area contributed by atoms with E-state index >= 15 is 0 Å². The Kier molecular flexibility index (Phi) is 5.69.